The number of alkyl carbamates (subject to hydrolysis) is 1. The number of ether oxygens (including phenoxy) is 3. The second-order valence-corrected chi connectivity index (χ2v) is 3.73. The summed E-state index contributed by atoms with van der Waals surface area (Å²) in [5, 5.41) is 2.21. The number of nitrogens with one attached hydrogen (secondary N) is 1. The van der Waals surface area contributed by atoms with Crippen molar-refractivity contribution >= 4 is 6.09 Å². The summed E-state index contributed by atoms with van der Waals surface area (Å²) in [6.45, 7) is -1.45. The Morgan fingerprint density at radius 2 is 2.05 bits per heavy atom. The number of carbonyl (C=O) groups excluding carboxylic acids is 1. The van der Waals surface area contributed by atoms with Crippen LogP contribution in [-0.4, -0.2) is 25.7 Å². The summed E-state index contributed by atoms with van der Waals surface area (Å²) in [4.78, 5) is 11.0. The molecular weight excluding hydrogens is 267 g/mol. The number of amides is 1. The van der Waals surface area contributed by atoms with E-state index in [-0.39, 0.29) is 13.3 Å². The number of carbonyl (C=O) groups is 1. The van der Waals surface area contributed by atoms with E-state index >= 15 is 0 Å². The highest BCUT2D eigenvalue weighted by molar-refractivity contribution is 5.67. The van der Waals surface area contributed by atoms with Gasteiger partial charge in [-0.2, -0.15) is 13.2 Å². The van der Waals surface area contributed by atoms with Crippen molar-refractivity contribution in [3.63, 3.8) is 0 Å². The van der Waals surface area contributed by atoms with Crippen LogP contribution < -0.4 is 14.8 Å². The van der Waals surface area contributed by atoms with Crippen molar-refractivity contribution in [2.45, 2.75) is 12.7 Å². The lowest BCUT2D eigenvalue weighted by Gasteiger charge is -2.09. The zero-order chi connectivity index (χ0) is 13.9. The molecule has 0 atom stereocenters. The Bertz CT molecular complexity index is 475. The SMILES string of the molecule is O=C(NCc1ccc2c(c1)OCO2)OCC(F)(F)F. The standard InChI is InChI=1S/C11H10F3NO4/c12-11(13,14)5-17-10(16)15-4-7-1-2-8-9(3-7)19-6-18-8/h1-3H,4-6H2,(H,15,16). The predicted molar refractivity (Wildman–Crippen MR) is 56.8 cm³/mol. The molecule has 5 nitrogen and oxygen atoms in total. The number of halogens is 3. The van der Waals surface area contributed by atoms with Crippen LogP contribution in [0.3, 0.4) is 0 Å². The van der Waals surface area contributed by atoms with E-state index in [1.54, 1.807) is 18.2 Å². The number of fused-ring (bicyclic) bond motifs is 1. The molecule has 19 heavy (non-hydrogen) atoms. The van der Waals surface area contributed by atoms with Crippen LogP contribution in [0, 0.1) is 0 Å². The summed E-state index contributed by atoms with van der Waals surface area (Å²) in [5.74, 6) is 1.12. The van der Waals surface area contributed by atoms with Crippen LogP contribution in [0.15, 0.2) is 18.2 Å². The van der Waals surface area contributed by atoms with Crippen molar-refractivity contribution in [1.29, 1.82) is 0 Å². The minimum Gasteiger partial charge on any atom is -0.454 e. The highest BCUT2D eigenvalue weighted by Gasteiger charge is 2.29. The van der Waals surface area contributed by atoms with Gasteiger partial charge in [-0.3, -0.25) is 0 Å². The Kier molecular flexibility index (Phi) is 3.68. The van der Waals surface area contributed by atoms with Crippen molar-refractivity contribution < 1.29 is 32.2 Å². The summed E-state index contributed by atoms with van der Waals surface area (Å²) in [6, 6.07) is 4.95. The summed E-state index contributed by atoms with van der Waals surface area (Å²) in [6.07, 6.45) is -5.66. The highest BCUT2D eigenvalue weighted by Crippen LogP contribution is 2.32. The summed E-state index contributed by atoms with van der Waals surface area (Å²) < 4.78 is 49.6. The summed E-state index contributed by atoms with van der Waals surface area (Å²) in [5.41, 5.74) is 0.660. The van der Waals surface area contributed by atoms with Crippen molar-refractivity contribution in [1.82, 2.24) is 5.32 Å². The quantitative estimate of drug-likeness (QED) is 0.920. The van der Waals surface area contributed by atoms with Gasteiger partial charge in [0.2, 0.25) is 6.79 Å². The third-order valence-electron chi connectivity index (χ3n) is 2.24. The van der Waals surface area contributed by atoms with E-state index in [4.69, 9.17) is 9.47 Å². The van der Waals surface area contributed by atoms with E-state index in [0.29, 0.717) is 17.1 Å². The molecule has 0 aromatic heterocycles. The van der Waals surface area contributed by atoms with Gasteiger partial charge in [-0.25, -0.2) is 4.79 Å². The largest absolute Gasteiger partial charge is 0.454 e. The fourth-order valence-electron chi connectivity index (χ4n) is 1.42. The molecule has 2 rings (SSSR count). The minimum absolute atomic E-state index is 0.0351. The van der Waals surface area contributed by atoms with Crippen molar-refractivity contribution in [2.24, 2.45) is 0 Å². The Morgan fingerprint density at radius 1 is 1.32 bits per heavy atom. The van der Waals surface area contributed by atoms with Crippen LogP contribution in [0.2, 0.25) is 0 Å². The van der Waals surface area contributed by atoms with Gasteiger partial charge >= 0.3 is 12.3 Å². The topological polar surface area (TPSA) is 56.8 Å². The molecule has 0 aliphatic carbocycles. The maximum Gasteiger partial charge on any atom is 0.422 e. The van der Waals surface area contributed by atoms with Gasteiger partial charge in [-0.15, -0.1) is 0 Å². The van der Waals surface area contributed by atoms with Crippen LogP contribution in [0.25, 0.3) is 0 Å². The van der Waals surface area contributed by atoms with Crippen molar-refractivity contribution in [3.8, 4) is 11.5 Å². The van der Waals surface area contributed by atoms with Gasteiger partial charge in [-0.05, 0) is 17.7 Å². The second-order valence-electron chi connectivity index (χ2n) is 3.73. The van der Waals surface area contributed by atoms with Gasteiger partial charge in [0.1, 0.15) is 0 Å². The van der Waals surface area contributed by atoms with Gasteiger partial charge < -0.3 is 19.5 Å². The molecular formula is C11H10F3NO4. The monoisotopic (exact) mass is 277 g/mol. The lowest BCUT2D eigenvalue weighted by molar-refractivity contribution is -0.160. The van der Waals surface area contributed by atoms with E-state index in [0.717, 1.165) is 0 Å². The van der Waals surface area contributed by atoms with Gasteiger partial charge in [0.25, 0.3) is 0 Å². The summed E-state index contributed by atoms with van der Waals surface area (Å²) in [7, 11) is 0. The molecule has 1 aromatic carbocycles. The molecule has 0 saturated heterocycles. The molecule has 1 amide bonds. The molecule has 1 aromatic rings. The predicted octanol–water partition coefficient (Wildman–Crippen LogP) is 2.20. The first-order valence-corrected chi connectivity index (χ1v) is 5.30. The average molecular weight is 277 g/mol. The molecule has 8 heteroatoms. The maximum atomic E-state index is 11.8. The molecule has 1 aliphatic rings. The Morgan fingerprint density at radius 3 is 2.79 bits per heavy atom. The van der Waals surface area contributed by atoms with E-state index in [1.165, 1.54) is 0 Å². The fraction of sp³-hybridized carbons (Fsp3) is 0.364. The molecule has 0 fully saturated rings. The van der Waals surface area contributed by atoms with E-state index < -0.39 is 18.9 Å². The normalized spacial score (nSPS) is 13.2. The Balaban J connectivity index is 1.81. The molecule has 1 N–H and O–H groups in total. The average Bonchev–Trinajstić information content (AvgIpc) is 2.80. The molecule has 0 saturated carbocycles. The zero-order valence-corrected chi connectivity index (χ0v) is 9.62. The van der Waals surface area contributed by atoms with E-state index in [2.05, 4.69) is 10.1 Å². The molecule has 0 radical (unpaired) electrons. The van der Waals surface area contributed by atoms with Gasteiger partial charge in [0.15, 0.2) is 18.1 Å². The molecule has 0 spiro atoms. The van der Waals surface area contributed by atoms with E-state index in [1.807, 2.05) is 0 Å². The smallest absolute Gasteiger partial charge is 0.422 e. The van der Waals surface area contributed by atoms with Gasteiger partial charge in [-0.1, -0.05) is 6.07 Å². The van der Waals surface area contributed by atoms with Crippen LogP contribution in [-0.2, 0) is 11.3 Å². The minimum atomic E-state index is -4.53. The number of rotatable bonds is 3. The summed E-state index contributed by atoms with van der Waals surface area (Å²) >= 11 is 0. The Hall–Kier alpha value is -2.12. The first-order valence-electron chi connectivity index (χ1n) is 5.30. The number of benzene rings is 1. The molecule has 1 aliphatic heterocycles. The first-order chi connectivity index (χ1) is 8.94. The second kappa shape index (κ2) is 5.25. The highest BCUT2D eigenvalue weighted by atomic mass is 19.4. The molecule has 0 unspecified atom stereocenters. The Labute approximate surface area is 106 Å². The van der Waals surface area contributed by atoms with Crippen LogP contribution in [0.5, 0.6) is 11.5 Å². The fourth-order valence-corrected chi connectivity index (χ4v) is 1.42. The van der Waals surface area contributed by atoms with Crippen LogP contribution in [0.1, 0.15) is 5.56 Å². The number of alkyl halides is 3. The molecule has 0 bridgehead atoms. The van der Waals surface area contributed by atoms with E-state index in [9.17, 15) is 18.0 Å². The number of hydrogen-bond acceptors (Lipinski definition) is 4. The third kappa shape index (κ3) is 3.94. The van der Waals surface area contributed by atoms with Crippen LogP contribution >= 0.6 is 0 Å². The van der Waals surface area contributed by atoms with Crippen LogP contribution in [0.4, 0.5) is 18.0 Å². The first kappa shape index (κ1) is 13.3. The lowest BCUT2D eigenvalue weighted by atomic mass is 10.2. The third-order valence-corrected chi connectivity index (χ3v) is 2.24. The number of hydrogen-bond donors (Lipinski definition) is 1. The van der Waals surface area contributed by atoms with Crippen molar-refractivity contribution in [2.75, 3.05) is 13.4 Å². The lowest BCUT2D eigenvalue weighted by Crippen LogP contribution is -2.28. The van der Waals surface area contributed by atoms with Gasteiger partial charge in [0.05, 0.1) is 0 Å². The zero-order valence-electron chi connectivity index (χ0n) is 9.62. The molecule has 1 heterocycles. The van der Waals surface area contributed by atoms with Gasteiger partial charge in [0, 0.05) is 6.54 Å². The maximum absolute atomic E-state index is 11.8. The van der Waals surface area contributed by atoms with Crippen molar-refractivity contribution in [3.05, 3.63) is 23.8 Å². The molecule has 104 valence electrons.